The maximum Gasteiger partial charge on any atom is 0.341 e. The van der Waals surface area contributed by atoms with Crippen molar-refractivity contribution in [1.29, 1.82) is 0 Å². The molecule has 1 saturated heterocycles. The summed E-state index contributed by atoms with van der Waals surface area (Å²) >= 11 is 0. The molecular formula is C18H18FN3O3. The van der Waals surface area contributed by atoms with Gasteiger partial charge in [-0.25, -0.2) is 9.18 Å². The first-order chi connectivity index (χ1) is 12.0. The van der Waals surface area contributed by atoms with Gasteiger partial charge in [-0.2, -0.15) is 0 Å². The van der Waals surface area contributed by atoms with Crippen LogP contribution in [0.4, 0.5) is 10.1 Å². The number of nitrogens with zero attached hydrogens (tertiary/aromatic N) is 2. The summed E-state index contributed by atoms with van der Waals surface area (Å²) in [4.78, 5) is 25.9. The number of benzene rings is 1. The zero-order valence-corrected chi connectivity index (χ0v) is 13.8. The van der Waals surface area contributed by atoms with Crippen LogP contribution in [-0.2, 0) is 0 Å². The van der Waals surface area contributed by atoms with Crippen LogP contribution in [0.1, 0.15) is 28.9 Å². The first-order valence-corrected chi connectivity index (χ1v) is 8.27. The fourth-order valence-electron chi connectivity index (χ4n) is 3.68. The topological polar surface area (TPSA) is 74.6 Å². The van der Waals surface area contributed by atoms with Crippen LogP contribution in [0, 0.1) is 5.82 Å². The molecule has 0 spiro atoms. The van der Waals surface area contributed by atoms with Crippen molar-refractivity contribution < 1.29 is 14.3 Å². The molecule has 25 heavy (non-hydrogen) atoms. The lowest BCUT2D eigenvalue weighted by atomic mass is 9.98. The minimum Gasteiger partial charge on any atom is -0.477 e. The molecule has 130 valence electrons. The van der Waals surface area contributed by atoms with Gasteiger partial charge in [0.15, 0.2) is 0 Å². The number of carboxylic acids is 1. The van der Waals surface area contributed by atoms with Gasteiger partial charge in [-0.05, 0) is 13.0 Å². The molecule has 7 heteroatoms. The van der Waals surface area contributed by atoms with Crippen molar-refractivity contribution in [2.24, 2.45) is 0 Å². The highest BCUT2D eigenvalue weighted by atomic mass is 19.1. The summed E-state index contributed by atoms with van der Waals surface area (Å²) in [5.41, 5.74) is 0.737. The molecule has 1 fully saturated rings. The third-order valence-electron chi connectivity index (χ3n) is 4.92. The van der Waals surface area contributed by atoms with Crippen LogP contribution in [0.25, 0.3) is 17.0 Å². The predicted molar refractivity (Wildman–Crippen MR) is 94.0 cm³/mol. The third kappa shape index (κ3) is 2.34. The standard InChI is InChI=1S/C18H18FN3O3/c1-10-2-3-11-15-12(17(23)13(18(24)25)9-22(10)15)8-14(19)16(11)21-6-4-20-5-7-21/h2-3,8-10,20H,4-7H2,1H3,(H,24,25). The van der Waals surface area contributed by atoms with Crippen molar-refractivity contribution in [3.63, 3.8) is 0 Å². The van der Waals surface area contributed by atoms with Crippen LogP contribution in [-0.4, -0.2) is 41.8 Å². The van der Waals surface area contributed by atoms with E-state index in [9.17, 15) is 19.1 Å². The molecule has 2 aromatic rings. The molecule has 0 radical (unpaired) electrons. The number of carbonyl (C=O) groups is 1. The maximum atomic E-state index is 14.9. The fourth-order valence-corrected chi connectivity index (χ4v) is 3.68. The van der Waals surface area contributed by atoms with E-state index in [-0.39, 0.29) is 17.0 Å². The lowest BCUT2D eigenvalue weighted by molar-refractivity contribution is 0.0695. The highest BCUT2D eigenvalue weighted by Crippen LogP contribution is 2.36. The van der Waals surface area contributed by atoms with Crippen molar-refractivity contribution in [2.45, 2.75) is 13.0 Å². The number of nitrogens with one attached hydrogen (secondary N) is 1. The number of hydrogen-bond acceptors (Lipinski definition) is 4. The lowest BCUT2D eigenvalue weighted by Crippen LogP contribution is -2.44. The Kier molecular flexibility index (Phi) is 3.61. The van der Waals surface area contributed by atoms with E-state index >= 15 is 0 Å². The van der Waals surface area contributed by atoms with Gasteiger partial charge in [0.05, 0.1) is 16.6 Å². The number of anilines is 1. The number of aromatic carboxylic acids is 1. The number of piperazine rings is 1. The SMILES string of the molecule is CC1C=Cc2c(N3CCNCC3)c(F)cc3c(=O)c(C(=O)O)cn1c23. The van der Waals surface area contributed by atoms with E-state index in [4.69, 9.17) is 0 Å². The first kappa shape index (κ1) is 15.8. The van der Waals surface area contributed by atoms with Crippen LogP contribution in [0.5, 0.6) is 0 Å². The summed E-state index contributed by atoms with van der Waals surface area (Å²) in [7, 11) is 0. The molecule has 1 unspecified atom stereocenters. The molecule has 0 saturated carbocycles. The third-order valence-corrected chi connectivity index (χ3v) is 4.92. The second kappa shape index (κ2) is 5.70. The summed E-state index contributed by atoms with van der Waals surface area (Å²) < 4.78 is 16.7. The summed E-state index contributed by atoms with van der Waals surface area (Å²) in [5, 5.41) is 12.7. The molecule has 1 aromatic heterocycles. The molecule has 2 aliphatic heterocycles. The van der Waals surface area contributed by atoms with E-state index < -0.39 is 17.2 Å². The summed E-state index contributed by atoms with van der Waals surface area (Å²) in [5.74, 6) is -1.79. The smallest absolute Gasteiger partial charge is 0.341 e. The minimum atomic E-state index is -1.30. The van der Waals surface area contributed by atoms with Gasteiger partial charge in [-0.3, -0.25) is 4.79 Å². The highest BCUT2D eigenvalue weighted by molar-refractivity contribution is 5.99. The quantitative estimate of drug-likeness (QED) is 0.870. The zero-order chi connectivity index (χ0) is 17.7. The molecule has 3 heterocycles. The fraction of sp³-hybridized carbons (Fsp3) is 0.333. The molecule has 1 aromatic carbocycles. The Morgan fingerprint density at radius 2 is 2.08 bits per heavy atom. The number of pyridine rings is 1. The van der Waals surface area contributed by atoms with Gasteiger partial charge >= 0.3 is 5.97 Å². The predicted octanol–water partition coefficient (Wildman–Crippen LogP) is 1.84. The van der Waals surface area contributed by atoms with Crippen molar-refractivity contribution in [1.82, 2.24) is 9.88 Å². The van der Waals surface area contributed by atoms with Crippen molar-refractivity contribution in [3.05, 3.63) is 45.5 Å². The van der Waals surface area contributed by atoms with E-state index in [2.05, 4.69) is 5.32 Å². The molecule has 6 nitrogen and oxygen atoms in total. The van der Waals surface area contributed by atoms with Crippen LogP contribution < -0.4 is 15.6 Å². The van der Waals surface area contributed by atoms with Gasteiger partial charge in [0.2, 0.25) is 5.43 Å². The molecule has 2 N–H and O–H groups in total. The number of rotatable bonds is 2. The molecule has 4 rings (SSSR count). The van der Waals surface area contributed by atoms with Crippen molar-refractivity contribution in [2.75, 3.05) is 31.1 Å². The van der Waals surface area contributed by atoms with Gasteiger partial charge in [0.25, 0.3) is 0 Å². The van der Waals surface area contributed by atoms with E-state index in [1.807, 2.05) is 24.0 Å². The molecule has 0 aliphatic carbocycles. The largest absolute Gasteiger partial charge is 0.477 e. The Labute approximate surface area is 143 Å². The van der Waals surface area contributed by atoms with Crippen molar-refractivity contribution >= 4 is 28.6 Å². The van der Waals surface area contributed by atoms with Gasteiger partial charge < -0.3 is 19.9 Å². The number of carboxylic acid groups (broad SMARTS) is 1. The van der Waals surface area contributed by atoms with Gasteiger partial charge in [-0.15, -0.1) is 0 Å². The van der Waals surface area contributed by atoms with Gasteiger partial charge in [0, 0.05) is 44.0 Å². The Morgan fingerprint density at radius 1 is 1.36 bits per heavy atom. The molecule has 0 amide bonds. The first-order valence-electron chi connectivity index (χ1n) is 8.27. The van der Waals surface area contributed by atoms with Crippen LogP contribution in [0.15, 0.2) is 23.1 Å². The number of halogens is 1. The normalized spacial score (nSPS) is 19.4. The van der Waals surface area contributed by atoms with E-state index in [0.29, 0.717) is 29.9 Å². The highest BCUT2D eigenvalue weighted by Gasteiger charge is 2.26. The zero-order valence-electron chi connectivity index (χ0n) is 13.8. The Morgan fingerprint density at radius 3 is 2.76 bits per heavy atom. The van der Waals surface area contributed by atoms with E-state index in [1.165, 1.54) is 12.3 Å². The maximum absolute atomic E-state index is 14.9. The lowest BCUT2D eigenvalue weighted by Gasteiger charge is -2.33. The number of aromatic nitrogens is 1. The molecule has 1 atom stereocenters. The summed E-state index contributed by atoms with van der Waals surface area (Å²) in [6.07, 6.45) is 5.10. The average molecular weight is 343 g/mol. The van der Waals surface area contributed by atoms with Gasteiger partial charge in [0.1, 0.15) is 11.4 Å². The van der Waals surface area contributed by atoms with Crippen LogP contribution in [0.3, 0.4) is 0 Å². The van der Waals surface area contributed by atoms with E-state index in [0.717, 1.165) is 13.1 Å². The number of allylic oxidation sites excluding steroid dienone is 1. The Bertz CT molecular complexity index is 974. The monoisotopic (exact) mass is 343 g/mol. The van der Waals surface area contributed by atoms with Crippen LogP contribution in [0.2, 0.25) is 0 Å². The number of hydrogen-bond donors (Lipinski definition) is 2. The Hall–Kier alpha value is -2.67. The Balaban J connectivity index is 2.08. The second-order valence-corrected chi connectivity index (χ2v) is 6.44. The van der Waals surface area contributed by atoms with Gasteiger partial charge in [-0.1, -0.05) is 12.2 Å². The summed E-state index contributed by atoms with van der Waals surface area (Å²) in [6, 6.07) is 1.07. The van der Waals surface area contributed by atoms with Crippen molar-refractivity contribution in [3.8, 4) is 0 Å². The molecule has 0 bridgehead atoms. The molecule has 2 aliphatic rings. The minimum absolute atomic E-state index is 0.113. The average Bonchev–Trinajstić information content (AvgIpc) is 2.60. The molecular weight excluding hydrogens is 325 g/mol. The second-order valence-electron chi connectivity index (χ2n) is 6.44. The van der Waals surface area contributed by atoms with Crippen LogP contribution >= 0.6 is 0 Å². The van der Waals surface area contributed by atoms with E-state index in [1.54, 1.807) is 4.57 Å². The summed E-state index contributed by atoms with van der Waals surface area (Å²) in [6.45, 7) is 4.79.